The monoisotopic (exact) mass is 312 g/mol. The Morgan fingerprint density at radius 2 is 2.09 bits per heavy atom. The summed E-state index contributed by atoms with van der Waals surface area (Å²) in [6.45, 7) is 4.60. The van der Waals surface area contributed by atoms with Crippen LogP contribution in [0.1, 0.15) is 58.8 Å². The first-order valence-electron chi connectivity index (χ1n) is 9.33. The standard InChI is InChI=1S/C21H28O2/c1-4-21(23)10-9-18-17-7-5-14-11-15(22)6-8-16(14)19(17)13(2)12-20(18,21)3/h1,11,13,16-19,23H,5-10,12H2,2-3H3/t13?,16?,17?,18?,19?,20?,21-/m0/s1. The summed E-state index contributed by atoms with van der Waals surface area (Å²) in [7, 11) is 0. The average molecular weight is 312 g/mol. The van der Waals surface area contributed by atoms with E-state index in [1.807, 2.05) is 6.08 Å². The van der Waals surface area contributed by atoms with Crippen molar-refractivity contribution < 1.29 is 9.90 Å². The number of hydrogen-bond donors (Lipinski definition) is 1. The van der Waals surface area contributed by atoms with Gasteiger partial charge in [0.2, 0.25) is 0 Å². The Morgan fingerprint density at radius 1 is 1.30 bits per heavy atom. The van der Waals surface area contributed by atoms with Crippen LogP contribution in [0.5, 0.6) is 0 Å². The summed E-state index contributed by atoms with van der Waals surface area (Å²) in [5, 5.41) is 11.0. The third kappa shape index (κ3) is 1.96. The van der Waals surface area contributed by atoms with E-state index in [1.54, 1.807) is 0 Å². The maximum atomic E-state index is 11.8. The smallest absolute Gasteiger partial charge is 0.155 e. The summed E-state index contributed by atoms with van der Waals surface area (Å²) in [4.78, 5) is 11.8. The van der Waals surface area contributed by atoms with E-state index in [1.165, 1.54) is 12.0 Å². The van der Waals surface area contributed by atoms with Gasteiger partial charge in [0, 0.05) is 11.8 Å². The van der Waals surface area contributed by atoms with Crippen molar-refractivity contribution >= 4 is 5.78 Å². The molecule has 3 fully saturated rings. The number of fused-ring (bicyclic) bond motifs is 5. The second-order valence-corrected chi connectivity index (χ2v) is 8.86. The molecule has 0 heterocycles. The number of carbonyl (C=O) groups is 1. The number of hydrogen-bond acceptors (Lipinski definition) is 2. The molecule has 23 heavy (non-hydrogen) atoms. The van der Waals surface area contributed by atoms with Gasteiger partial charge in [-0.1, -0.05) is 25.3 Å². The SMILES string of the molecule is C#C[C@]1(O)CCC2C3CCC4=CC(=O)CCC4C3C(C)CC21C. The molecule has 0 aliphatic heterocycles. The van der Waals surface area contributed by atoms with Crippen LogP contribution >= 0.6 is 0 Å². The van der Waals surface area contributed by atoms with Crippen LogP contribution in [0.15, 0.2) is 11.6 Å². The van der Waals surface area contributed by atoms with Crippen LogP contribution in [0, 0.1) is 47.3 Å². The van der Waals surface area contributed by atoms with Gasteiger partial charge in [0.25, 0.3) is 0 Å². The molecule has 0 bridgehead atoms. The van der Waals surface area contributed by atoms with Crippen molar-refractivity contribution in [1.29, 1.82) is 0 Å². The van der Waals surface area contributed by atoms with Crippen molar-refractivity contribution in [3.05, 3.63) is 11.6 Å². The molecule has 2 heteroatoms. The van der Waals surface area contributed by atoms with Crippen LogP contribution in [0.2, 0.25) is 0 Å². The van der Waals surface area contributed by atoms with Gasteiger partial charge in [-0.3, -0.25) is 4.79 Å². The first-order valence-corrected chi connectivity index (χ1v) is 9.33. The Balaban J connectivity index is 1.70. The fourth-order valence-corrected chi connectivity index (χ4v) is 7.00. The summed E-state index contributed by atoms with van der Waals surface area (Å²) in [5.74, 6) is 6.15. The summed E-state index contributed by atoms with van der Waals surface area (Å²) >= 11 is 0. The highest BCUT2D eigenvalue weighted by atomic mass is 16.3. The normalized spacial score (nSPS) is 52.0. The van der Waals surface area contributed by atoms with E-state index in [4.69, 9.17) is 6.42 Å². The number of terminal acetylenes is 1. The fraction of sp³-hybridized carbons (Fsp3) is 0.762. The fourth-order valence-electron chi connectivity index (χ4n) is 7.00. The van der Waals surface area contributed by atoms with Crippen molar-refractivity contribution in [2.75, 3.05) is 0 Å². The first-order chi connectivity index (χ1) is 10.9. The lowest BCUT2D eigenvalue weighted by atomic mass is 9.48. The van der Waals surface area contributed by atoms with Crippen LogP contribution in [0.25, 0.3) is 0 Å². The van der Waals surface area contributed by atoms with Gasteiger partial charge >= 0.3 is 0 Å². The van der Waals surface area contributed by atoms with Crippen molar-refractivity contribution in [3.8, 4) is 12.3 Å². The lowest BCUT2D eigenvalue weighted by Crippen LogP contribution is -2.54. The van der Waals surface area contributed by atoms with Crippen molar-refractivity contribution in [2.24, 2.45) is 35.0 Å². The van der Waals surface area contributed by atoms with Gasteiger partial charge in [-0.2, -0.15) is 0 Å². The zero-order chi connectivity index (χ0) is 16.4. The zero-order valence-electron chi connectivity index (χ0n) is 14.3. The highest BCUT2D eigenvalue weighted by Gasteiger charge is 2.63. The second-order valence-electron chi connectivity index (χ2n) is 8.86. The number of rotatable bonds is 0. The minimum atomic E-state index is -0.921. The van der Waals surface area contributed by atoms with Gasteiger partial charge in [-0.15, -0.1) is 6.42 Å². The molecule has 0 spiro atoms. The number of carbonyl (C=O) groups excluding carboxylic acids is 1. The van der Waals surface area contributed by atoms with E-state index < -0.39 is 5.60 Å². The molecule has 2 nitrogen and oxygen atoms in total. The summed E-state index contributed by atoms with van der Waals surface area (Å²) in [5.41, 5.74) is 0.368. The van der Waals surface area contributed by atoms with Gasteiger partial charge in [-0.05, 0) is 74.2 Å². The molecule has 6 unspecified atom stereocenters. The number of aliphatic hydroxyl groups is 1. The maximum absolute atomic E-state index is 11.8. The summed E-state index contributed by atoms with van der Waals surface area (Å²) in [6, 6.07) is 0. The largest absolute Gasteiger partial charge is 0.377 e. The minimum absolute atomic E-state index is 0.131. The van der Waals surface area contributed by atoms with E-state index >= 15 is 0 Å². The Hall–Kier alpha value is -1.07. The number of ketones is 1. The molecule has 7 atom stereocenters. The Kier molecular flexibility index (Phi) is 3.34. The van der Waals surface area contributed by atoms with E-state index in [2.05, 4.69) is 19.8 Å². The molecule has 4 rings (SSSR count). The van der Waals surface area contributed by atoms with Gasteiger partial charge in [-0.25, -0.2) is 0 Å². The zero-order valence-corrected chi connectivity index (χ0v) is 14.3. The minimum Gasteiger partial charge on any atom is -0.377 e. The highest BCUT2D eigenvalue weighted by molar-refractivity contribution is 5.91. The lowest BCUT2D eigenvalue weighted by Gasteiger charge is -2.57. The van der Waals surface area contributed by atoms with Crippen molar-refractivity contribution in [3.63, 3.8) is 0 Å². The molecular weight excluding hydrogens is 284 g/mol. The Bertz CT molecular complexity index is 612. The van der Waals surface area contributed by atoms with Gasteiger partial charge in [0.1, 0.15) is 5.60 Å². The third-order valence-corrected chi connectivity index (χ3v) is 7.99. The van der Waals surface area contributed by atoms with Crippen LogP contribution in [-0.4, -0.2) is 16.5 Å². The van der Waals surface area contributed by atoms with Crippen LogP contribution in [0.4, 0.5) is 0 Å². The molecule has 0 aromatic rings. The maximum Gasteiger partial charge on any atom is 0.155 e. The van der Waals surface area contributed by atoms with Crippen molar-refractivity contribution in [2.45, 2.75) is 64.4 Å². The van der Waals surface area contributed by atoms with E-state index in [0.717, 1.165) is 38.5 Å². The van der Waals surface area contributed by atoms with E-state index in [0.29, 0.717) is 35.4 Å². The topological polar surface area (TPSA) is 37.3 Å². The number of allylic oxidation sites excluding steroid dienone is 1. The first kappa shape index (κ1) is 15.5. The molecule has 4 aliphatic rings. The molecule has 4 aliphatic carbocycles. The molecule has 124 valence electrons. The predicted octanol–water partition coefficient (Wildman–Crippen LogP) is 3.74. The van der Waals surface area contributed by atoms with Crippen molar-refractivity contribution in [1.82, 2.24) is 0 Å². The molecule has 0 aromatic heterocycles. The summed E-state index contributed by atoms with van der Waals surface area (Å²) in [6.07, 6.45) is 14.6. The Labute approximate surface area is 139 Å². The van der Waals surface area contributed by atoms with E-state index in [-0.39, 0.29) is 5.41 Å². The molecule has 0 radical (unpaired) electrons. The van der Waals surface area contributed by atoms with Gasteiger partial charge in [0.05, 0.1) is 0 Å². The lowest BCUT2D eigenvalue weighted by molar-refractivity contribution is -0.119. The van der Waals surface area contributed by atoms with Crippen LogP contribution in [-0.2, 0) is 4.79 Å². The Morgan fingerprint density at radius 3 is 2.83 bits per heavy atom. The molecule has 1 N–H and O–H groups in total. The average Bonchev–Trinajstić information content (AvgIpc) is 2.78. The molecule has 0 amide bonds. The van der Waals surface area contributed by atoms with E-state index in [9.17, 15) is 9.90 Å². The van der Waals surface area contributed by atoms with Crippen LogP contribution in [0.3, 0.4) is 0 Å². The van der Waals surface area contributed by atoms with Gasteiger partial charge in [0.15, 0.2) is 5.78 Å². The third-order valence-electron chi connectivity index (χ3n) is 7.99. The molecule has 0 saturated heterocycles. The van der Waals surface area contributed by atoms with Gasteiger partial charge < -0.3 is 5.11 Å². The van der Waals surface area contributed by atoms with Crippen LogP contribution < -0.4 is 0 Å². The highest BCUT2D eigenvalue weighted by Crippen LogP contribution is 2.66. The quantitative estimate of drug-likeness (QED) is 0.692. The molecule has 0 aromatic carbocycles. The molecule has 3 saturated carbocycles. The second kappa shape index (κ2) is 4.96. The molecular formula is C21H28O2. The summed E-state index contributed by atoms with van der Waals surface area (Å²) < 4.78 is 0. The predicted molar refractivity (Wildman–Crippen MR) is 90.4 cm³/mol.